The smallest absolute Gasteiger partial charge is 0.287 e. The molecule has 6 nitrogen and oxygen atoms in total. The van der Waals surface area contributed by atoms with Crippen LogP contribution in [-0.2, 0) is 25.9 Å². The molecule has 1 aromatic carbocycles. The molecular formula is C23H28N4O2. The minimum absolute atomic E-state index is 0.0370. The number of hydrogen-bond donors (Lipinski definition) is 1. The number of amides is 2. The van der Waals surface area contributed by atoms with Crippen LogP contribution in [0.3, 0.4) is 0 Å². The molecular weight excluding hydrogens is 364 g/mol. The first-order valence-corrected chi connectivity index (χ1v) is 11.0. The van der Waals surface area contributed by atoms with Gasteiger partial charge in [0.05, 0.1) is 5.69 Å². The van der Waals surface area contributed by atoms with Crippen molar-refractivity contribution in [1.82, 2.24) is 19.8 Å². The predicted molar refractivity (Wildman–Crippen MR) is 110 cm³/mol. The first kappa shape index (κ1) is 18.4. The van der Waals surface area contributed by atoms with Crippen molar-refractivity contribution < 1.29 is 9.59 Å². The Morgan fingerprint density at radius 3 is 2.59 bits per heavy atom. The van der Waals surface area contributed by atoms with Gasteiger partial charge >= 0.3 is 0 Å². The van der Waals surface area contributed by atoms with Crippen molar-refractivity contribution in [2.75, 3.05) is 6.54 Å². The third kappa shape index (κ3) is 3.45. The van der Waals surface area contributed by atoms with E-state index in [1.807, 2.05) is 15.5 Å². The summed E-state index contributed by atoms with van der Waals surface area (Å²) in [5.41, 5.74) is 3.96. The second-order valence-electron chi connectivity index (χ2n) is 8.54. The first-order chi connectivity index (χ1) is 14.2. The van der Waals surface area contributed by atoms with E-state index in [2.05, 4.69) is 28.5 Å². The molecule has 2 aromatic rings. The van der Waals surface area contributed by atoms with Gasteiger partial charge < -0.3 is 14.8 Å². The molecule has 2 amide bonds. The lowest BCUT2D eigenvalue weighted by Gasteiger charge is -2.28. The SMILES string of the molecule is O=C(NC1CCCC1)c1nc(C(=O)N2CCc3ccccc3C2)c2n1CCCC2. The van der Waals surface area contributed by atoms with Gasteiger partial charge in [0.2, 0.25) is 0 Å². The van der Waals surface area contributed by atoms with Crippen molar-refractivity contribution in [3.63, 3.8) is 0 Å². The molecule has 0 radical (unpaired) electrons. The maximum atomic E-state index is 13.4. The van der Waals surface area contributed by atoms with Crippen LogP contribution >= 0.6 is 0 Å². The van der Waals surface area contributed by atoms with Gasteiger partial charge in [0, 0.05) is 25.7 Å². The molecule has 29 heavy (non-hydrogen) atoms. The highest BCUT2D eigenvalue weighted by atomic mass is 16.2. The Balaban J connectivity index is 1.42. The Bertz CT molecular complexity index is 942. The van der Waals surface area contributed by atoms with E-state index in [4.69, 9.17) is 0 Å². The Morgan fingerprint density at radius 1 is 0.966 bits per heavy atom. The number of imidazole rings is 1. The maximum Gasteiger partial charge on any atom is 0.287 e. The van der Waals surface area contributed by atoms with Crippen LogP contribution in [0.25, 0.3) is 0 Å². The van der Waals surface area contributed by atoms with E-state index in [0.717, 1.165) is 50.8 Å². The molecule has 152 valence electrons. The molecule has 3 aliphatic rings. The molecule has 2 aliphatic heterocycles. The van der Waals surface area contributed by atoms with Crippen molar-refractivity contribution in [2.45, 2.75) is 70.5 Å². The van der Waals surface area contributed by atoms with E-state index in [9.17, 15) is 9.59 Å². The zero-order valence-corrected chi connectivity index (χ0v) is 16.8. The van der Waals surface area contributed by atoms with Crippen LogP contribution in [-0.4, -0.2) is 38.9 Å². The number of aromatic nitrogens is 2. The fourth-order valence-electron chi connectivity index (χ4n) is 5.03. The van der Waals surface area contributed by atoms with E-state index in [1.165, 1.54) is 24.0 Å². The summed E-state index contributed by atoms with van der Waals surface area (Å²) < 4.78 is 2.00. The molecule has 3 heterocycles. The summed E-state index contributed by atoms with van der Waals surface area (Å²) in [6.45, 7) is 2.09. The summed E-state index contributed by atoms with van der Waals surface area (Å²) >= 11 is 0. The molecule has 0 atom stereocenters. The van der Waals surface area contributed by atoms with E-state index in [0.29, 0.717) is 24.6 Å². The maximum absolute atomic E-state index is 13.4. The first-order valence-electron chi connectivity index (χ1n) is 11.0. The van der Waals surface area contributed by atoms with Crippen LogP contribution in [0.2, 0.25) is 0 Å². The number of rotatable bonds is 3. The van der Waals surface area contributed by atoms with Gasteiger partial charge in [0.1, 0.15) is 5.69 Å². The summed E-state index contributed by atoms with van der Waals surface area (Å²) in [4.78, 5) is 32.8. The summed E-state index contributed by atoms with van der Waals surface area (Å²) in [6.07, 6.45) is 8.17. The average molecular weight is 393 g/mol. The van der Waals surface area contributed by atoms with Crippen molar-refractivity contribution in [2.24, 2.45) is 0 Å². The third-order valence-electron chi connectivity index (χ3n) is 6.63. The minimum atomic E-state index is -0.122. The largest absolute Gasteiger partial charge is 0.347 e. The van der Waals surface area contributed by atoms with Crippen molar-refractivity contribution in [3.05, 3.63) is 52.6 Å². The van der Waals surface area contributed by atoms with Crippen LogP contribution < -0.4 is 5.32 Å². The fraction of sp³-hybridized carbons (Fsp3) is 0.522. The van der Waals surface area contributed by atoms with Gasteiger partial charge in [-0.05, 0) is 49.7 Å². The standard InChI is InChI=1S/C23H28N4O2/c28-22(24-18-9-3-4-10-18)21-25-20(19-11-5-6-13-27(19)21)23(29)26-14-12-16-7-1-2-8-17(16)15-26/h1-2,7-8,18H,3-6,9-15H2,(H,24,28). The zero-order valence-electron chi connectivity index (χ0n) is 16.8. The van der Waals surface area contributed by atoms with Gasteiger partial charge in [0.25, 0.3) is 11.8 Å². The van der Waals surface area contributed by atoms with Crippen molar-refractivity contribution in [3.8, 4) is 0 Å². The highest BCUT2D eigenvalue weighted by Gasteiger charge is 2.32. The molecule has 0 saturated heterocycles. The molecule has 0 bridgehead atoms. The van der Waals surface area contributed by atoms with E-state index in [1.54, 1.807) is 0 Å². The summed E-state index contributed by atoms with van der Waals surface area (Å²) in [6, 6.07) is 8.56. The Kier molecular flexibility index (Phi) is 4.86. The van der Waals surface area contributed by atoms with Crippen LogP contribution in [0.5, 0.6) is 0 Å². The molecule has 1 N–H and O–H groups in total. The van der Waals surface area contributed by atoms with Crippen LogP contribution in [0.15, 0.2) is 24.3 Å². The number of hydrogen-bond acceptors (Lipinski definition) is 3. The van der Waals surface area contributed by atoms with Gasteiger partial charge in [-0.3, -0.25) is 9.59 Å². The van der Waals surface area contributed by atoms with Crippen LogP contribution in [0.1, 0.15) is 76.5 Å². The van der Waals surface area contributed by atoms with Gasteiger partial charge in [0.15, 0.2) is 5.82 Å². The topological polar surface area (TPSA) is 67.2 Å². The monoisotopic (exact) mass is 392 g/mol. The van der Waals surface area contributed by atoms with Gasteiger partial charge in [-0.15, -0.1) is 0 Å². The fourth-order valence-corrected chi connectivity index (χ4v) is 5.03. The molecule has 1 fully saturated rings. The Morgan fingerprint density at radius 2 is 1.76 bits per heavy atom. The van der Waals surface area contributed by atoms with E-state index < -0.39 is 0 Å². The van der Waals surface area contributed by atoms with Crippen LogP contribution in [0.4, 0.5) is 0 Å². The second-order valence-corrected chi connectivity index (χ2v) is 8.54. The molecule has 1 saturated carbocycles. The van der Waals surface area contributed by atoms with E-state index >= 15 is 0 Å². The lowest BCUT2D eigenvalue weighted by molar-refractivity contribution is 0.0727. The number of nitrogens with zero attached hydrogens (tertiary/aromatic N) is 3. The summed E-state index contributed by atoms with van der Waals surface area (Å²) in [5, 5.41) is 3.14. The average Bonchev–Trinajstić information content (AvgIpc) is 3.40. The highest BCUT2D eigenvalue weighted by molar-refractivity contribution is 5.97. The molecule has 5 rings (SSSR count). The Hall–Kier alpha value is -2.63. The molecule has 0 spiro atoms. The number of carbonyl (C=O) groups is 2. The summed E-state index contributed by atoms with van der Waals surface area (Å²) in [7, 11) is 0. The number of nitrogens with one attached hydrogen (secondary N) is 1. The number of fused-ring (bicyclic) bond motifs is 2. The quantitative estimate of drug-likeness (QED) is 0.873. The Labute approximate surface area is 171 Å². The van der Waals surface area contributed by atoms with Gasteiger partial charge in [-0.2, -0.15) is 0 Å². The predicted octanol–water partition coefficient (Wildman–Crippen LogP) is 3.09. The molecule has 0 unspecified atom stereocenters. The van der Waals surface area contributed by atoms with Gasteiger partial charge in [-0.1, -0.05) is 37.1 Å². The minimum Gasteiger partial charge on any atom is -0.347 e. The number of benzene rings is 1. The van der Waals surface area contributed by atoms with Crippen molar-refractivity contribution >= 4 is 11.8 Å². The third-order valence-corrected chi connectivity index (χ3v) is 6.63. The van der Waals surface area contributed by atoms with Crippen molar-refractivity contribution in [1.29, 1.82) is 0 Å². The van der Waals surface area contributed by atoms with Crippen LogP contribution in [0, 0.1) is 0 Å². The molecule has 1 aromatic heterocycles. The second kappa shape index (κ2) is 7.65. The lowest BCUT2D eigenvalue weighted by atomic mass is 9.99. The lowest BCUT2D eigenvalue weighted by Crippen LogP contribution is -2.36. The molecule has 6 heteroatoms. The highest BCUT2D eigenvalue weighted by Crippen LogP contribution is 2.26. The number of carbonyl (C=O) groups excluding carboxylic acids is 2. The molecule has 1 aliphatic carbocycles. The van der Waals surface area contributed by atoms with Gasteiger partial charge in [-0.25, -0.2) is 4.98 Å². The normalized spacial score (nSPS) is 19.0. The summed E-state index contributed by atoms with van der Waals surface area (Å²) in [5.74, 6) is 0.264. The van der Waals surface area contributed by atoms with E-state index in [-0.39, 0.29) is 17.9 Å². The zero-order chi connectivity index (χ0) is 19.8.